The highest BCUT2D eigenvalue weighted by molar-refractivity contribution is 5.79. The molecule has 0 saturated carbocycles. The molecule has 18 heavy (non-hydrogen) atoms. The maximum atomic E-state index is 6.04. The highest BCUT2D eigenvalue weighted by Crippen LogP contribution is 2.42. The molecule has 3 rings (SSSR count). The van der Waals surface area contributed by atoms with Crippen LogP contribution in [0.1, 0.15) is 18.1 Å². The summed E-state index contributed by atoms with van der Waals surface area (Å²) in [5.41, 5.74) is 11.6. The molecule has 0 radical (unpaired) electrons. The lowest BCUT2D eigenvalue weighted by Gasteiger charge is -2.13. The average molecular weight is 240 g/mol. The van der Waals surface area contributed by atoms with Crippen molar-refractivity contribution in [1.82, 2.24) is 4.98 Å². The smallest absolute Gasteiger partial charge is 0.146 e. The van der Waals surface area contributed by atoms with Gasteiger partial charge in [0.05, 0.1) is 5.69 Å². The minimum Gasteiger partial charge on any atom is -0.488 e. The van der Waals surface area contributed by atoms with Crippen LogP contribution >= 0.6 is 0 Å². The Morgan fingerprint density at radius 2 is 2.06 bits per heavy atom. The second-order valence-corrected chi connectivity index (χ2v) is 4.83. The Morgan fingerprint density at radius 1 is 1.33 bits per heavy atom. The fraction of sp³-hybridized carbons (Fsp3) is 0.267. The second kappa shape index (κ2) is 4.02. The first-order chi connectivity index (χ1) is 8.66. The predicted molar refractivity (Wildman–Crippen MR) is 72.6 cm³/mol. The van der Waals surface area contributed by atoms with Gasteiger partial charge in [-0.2, -0.15) is 0 Å². The van der Waals surface area contributed by atoms with E-state index in [1.165, 1.54) is 22.3 Å². The van der Waals surface area contributed by atoms with Crippen molar-refractivity contribution in [2.75, 3.05) is 5.73 Å². The van der Waals surface area contributed by atoms with E-state index in [-0.39, 0.29) is 6.10 Å². The van der Waals surface area contributed by atoms with Crippen LogP contribution in [0.3, 0.4) is 0 Å². The molecule has 0 spiro atoms. The van der Waals surface area contributed by atoms with E-state index in [0.717, 1.165) is 17.9 Å². The van der Waals surface area contributed by atoms with Crippen LogP contribution < -0.4 is 10.5 Å². The van der Waals surface area contributed by atoms with Crippen molar-refractivity contribution in [2.45, 2.75) is 26.4 Å². The largest absolute Gasteiger partial charge is 0.488 e. The van der Waals surface area contributed by atoms with Gasteiger partial charge in [-0.05, 0) is 48.7 Å². The van der Waals surface area contributed by atoms with Gasteiger partial charge >= 0.3 is 0 Å². The number of nitrogens with zero attached hydrogens (tertiary/aromatic N) is 1. The number of hydrogen-bond acceptors (Lipinski definition) is 3. The number of rotatable bonds is 1. The Morgan fingerprint density at radius 3 is 2.78 bits per heavy atom. The van der Waals surface area contributed by atoms with E-state index in [0.29, 0.717) is 0 Å². The third-order valence-electron chi connectivity index (χ3n) is 3.38. The van der Waals surface area contributed by atoms with E-state index in [1.54, 1.807) is 0 Å². The SMILES string of the molecule is Cc1cc(N)c2c(c1-c1ccncc1)C[C@H](C)O2. The summed E-state index contributed by atoms with van der Waals surface area (Å²) >= 11 is 0. The molecule has 2 N–H and O–H groups in total. The van der Waals surface area contributed by atoms with E-state index in [1.807, 2.05) is 30.6 Å². The van der Waals surface area contributed by atoms with Crippen LogP contribution in [0, 0.1) is 6.92 Å². The average Bonchev–Trinajstić information content (AvgIpc) is 2.72. The van der Waals surface area contributed by atoms with Gasteiger partial charge in [0.15, 0.2) is 0 Å². The minimum absolute atomic E-state index is 0.199. The van der Waals surface area contributed by atoms with Crippen LogP contribution in [0.15, 0.2) is 30.6 Å². The maximum absolute atomic E-state index is 6.04. The van der Waals surface area contributed by atoms with E-state index in [4.69, 9.17) is 10.5 Å². The highest BCUT2D eigenvalue weighted by atomic mass is 16.5. The van der Waals surface area contributed by atoms with Crippen LogP contribution in [-0.4, -0.2) is 11.1 Å². The Balaban J connectivity index is 2.25. The molecule has 0 bridgehead atoms. The molecule has 0 aliphatic carbocycles. The minimum atomic E-state index is 0.199. The molecule has 1 atom stereocenters. The standard InChI is InChI=1S/C15H16N2O/c1-9-7-13(16)15-12(8-10(2)18-15)14(9)11-3-5-17-6-4-11/h3-7,10H,8,16H2,1-2H3/t10-/m0/s1. The summed E-state index contributed by atoms with van der Waals surface area (Å²) in [6.07, 6.45) is 4.75. The van der Waals surface area contributed by atoms with Crippen molar-refractivity contribution < 1.29 is 4.74 Å². The number of nitrogen functional groups attached to an aromatic ring is 1. The van der Waals surface area contributed by atoms with E-state index in [9.17, 15) is 0 Å². The lowest BCUT2D eigenvalue weighted by atomic mass is 9.92. The summed E-state index contributed by atoms with van der Waals surface area (Å²) in [5.74, 6) is 0.861. The van der Waals surface area contributed by atoms with Crippen molar-refractivity contribution >= 4 is 5.69 Å². The number of aryl methyl sites for hydroxylation is 1. The molecule has 0 fully saturated rings. The Hall–Kier alpha value is -2.03. The van der Waals surface area contributed by atoms with Gasteiger partial charge in [0.2, 0.25) is 0 Å². The number of ether oxygens (including phenoxy) is 1. The van der Waals surface area contributed by atoms with Crippen LogP contribution in [0.2, 0.25) is 0 Å². The quantitative estimate of drug-likeness (QED) is 0.779. The zero-order valence-electron chi connectivity index (χ0n) is 10.6. The van der Waals surface area contributed by atoms with Gasteiger partial charge in [-0.15, -0.1) is 0 Å². The Bertz CT molecular complexity index is 593. The lowest BCUT2D eigenvalue weighted by molar-refractivity contribution is 0.256. The summed E-state index contributed by atoms with van der Waals surface area (Å²) in [7, 11) is 0. The van der Waals surface area contributed by atoms with Crippen LogP contribution in [0.25, 0.3) is 11.1 Å². The summed E-state index contributed by atoms with van der Waals surface area (Å²) < 4.78 is 5.81. The van der Waals surface area contributed by atoms with Gasteiger partial charge in [0.1, 0.15) is 11.9 Å². The summed E-state index contributed by atoms with van der Waals surface area (Å²) in [6, 6.07) is 6.05. The Labute approximate surface area is 107 Å². The second-order valence-electron chi connectivity index (χ2n) is 4.83. The Kier molecular flexibility index (Phi) is 2.47. The third kappa shape index (κ3) is 1.63. The molecule has 2 heterocycles. The number of hydrogen-bond donors (Lipinski definition) is 1. The summed E-state index contributed by atoms with van der Waals surface area (Å²) in [6.45, 7) is 4.17. The molecule has 0 unspecified atom stereocenters. The molecule has 1 aliphatic rings. The van der Waals surface area contributed by atoms with Gasteiger partial charge in [0, 0.05) is 24.4 Å². The number of anilines is 1. The first-order valence-electron chi connectivity index (χ1n) is 6.16. The van der Waals surface area contributed by atoms with Crippen molar-refractivity contribution in [3.63, 3.8) is 0 Å². The number of fused-ring (bicyclic) bond motifs is 1. The fourth-order valence-corrected chi connectivity index (χ4v) is 2.68. The first kappa shape index (κ1) is 11.1. The molecule has 1 aromatic heterocycles. The first-order valence-corrected chi connectivity index (χ1v) is 6.16. The van der Waals surface area contributed by atoms with Gasteiger partial charge in [-0.1, -0.05) is 0 Å². The fourth-order valence-electron chi connectivity index (χ4n) is 2.68. The monoisotopic (exact) mass is 240 g/mol. The number of benzene rings is 1. The number of nitrogens with two attached hydrogens (primary N) is 1. The van der Waals surface area contributed by atoms with Gasteiger partial charge in [-0.3, -0.25) is 4.98 Å². The van der Waals surface area contributed by atoms with Crippen LogP contribution in [-0.2, 0) is 6.42 Å². The molecular formula is C15H16N2O. The molecule has 3 heteroatoms. The molecular weight excluding hydrogens is 224 g/mol. The molecule has 1 aliphatic heterocycles. The molecule has 92 valence electrons. The van der Waals surface area contributed by atoms with Gasteiger partial charge in [0.25, 0.3) is 0 Å². The van der Waals surface area contributed by atoms with Crippen molar-refractivity contribution in [3.05, 3.63) is 41.7 Å². The van der Waals surface area contributed by atoms with E-state index < -0.39 is 0 Å². The number of aromatic nitrogens is 1. The molecule has 0 saturated heterocycles. The predicted octanol–water partition coefficient (Wildman–Crippen LogP) is 2.96. The van der Waals surface area contributed by atoms with Crippen LogP contribution in [0.4, 0.5) is 5.69 Å². The molecule has 2 aromatic rings. The van der Waals surface area contributed by atoms with Crippen molar-refractivity contribution in [3.8, 4) is 16.9 Å². The van der Waals surface area contributed by atoms with Crippen molar-refractivity contribution in [1.29, 1.82) is 0 Å². The highest BCUT2D eigenvalue weighted by Gasteiger charge is 2.26. The molecule has 3 nitrogen and oxygen atoms in total. The third-order valence-corrected chi connectivity index (χ3v) is 3.38. The number of pyridine rings is 1. The zero-order valence-corrected chi connectivity index (χ0v) is 10.6. The van der Waals surface area contributed by atoms with E-state index in [2.05, 4.69) is 18.8 Å². The van der Waals surface area contributed by atoms with Gasteiger partial charge < -0.3 is 10.5 Å². The van der Waals surface area contributed by atoms with Gasteiger partial charge in [-0.25, -0.2) is 0 Å². The van der Waals surface area contributed by atoms with Crippen LogP contribution in [0.5, 0.6) is 5.75 Å². The zero-order chi connectivity index (χ0) is 12.7. The topological polar surface area (TPSA) is 48.1 Å². The maximum Gasteiger partial charge on any atom is 0.146 e. The molecule has 1 aromatic carbocycles. The molecule has 0 amide bonds. The van der Waals surface area contributed by atoms with Crippen molar-refractivity contribution in [2.24, 2.45) is 0 Å². The summed E-state index contributed by atoms with van der Waals surface area (Å²) in [4.78, 5) is 4.07. The normalized spacial score (nSPS) is 17.3. The van der Waals surface area contributed by atoms with E-state index >= 15 is 0 Å². The summed E-state index contributed by atoms with van der Waals surface area (Å²) in [5, 5.41) is 0. The lowest BCUT2D eigenvalue weighted by Crippen LogP contribution is -2.05.